The van der Waals surface area contributed by atoms with Crippen molar-refractivity contribution in [3.63, 3.8) is 0 Å². The predicted octanol–water partition coefficient (Wildman–Crippen LogP) is 1.28. The van der Waals surface area contributed by atoms with Crippen LogP contribution in [0.3, 0.4) is 0 Å². The van der Waals surface area contributed by atoms with Gasteiger partial charge in [0.2, 0.25) is 5.60 Å². The molecular formula is C6H8Cl2O3. The van der Waals surface area contributed by atoms with Gasteiger partial charge in [0.25, 0.3) is 0 Å². The zero-order chi connectivity index (χ0) is 8.86. The molecule has 1 saturated carbocycles. The summed E-state index contributed by atoms with van der Waals surface area (Å²) in [5.41, 5.74) is -1.41. The highest BCUT2D eigenvalue weighted by Crippen LogP contribution is 2.64. The maximum Gasteiger partial charge on any atom is 0.339 e. The highest BCUT2D eigenvalue weighted by Gasteiger charge is 2.80. The van der Waals surface area contributed by atoms with E-state index in [1.165, 1.54) is 7.11 Å². The van der Waals surface area contributed by atoms with E-state index in [4.69, 9.17) is 33.0 Å². The van der Waals surface area contributed by atoms with Gasteiger partial charge < -0.3 is 9.84 Å². The van der Waals surface area contributed by atoms with Gasteiger partial charge >= 0.3 is 5.97 Å². The fourth-order valence-electron chi connectivity index (χ4n) is 1.27. The van der Waals surface area contributed by atoms with E-state index in [9.17, 15) is 4.79 Å². The molecule has 0 aromatic carbocycles. The molecule has 0 spiro atoms. The molecule has 3 nitrogen and oxygen atoms in total. The average molecular weight is 199 g/mol. The Hall–Kier alpha value is 0.01000. The van der Waals surface area contributed by atoms with Crippen molar-refractivity contribution < 1.29 is 14.6 Å². The van der Waals surface area contributed by atoms with Crippen LogP contribution in [0.2, 0.25) is 0 Å². The summed E-state index contributed by atoms with van der Waals surface area (Å²) >= 11 is 11.3. The van der Waals surface area contributed by atoms with Gasteiger partial charge in [0.1, 0.15) is 0 Å². The zero-order valence-electron chi connectivity index (χ0n) is 6.10. The fourth-order valence-corrected chi connectivity index (χ4v) is 2.11. The van der Waals surface area contributed by atoms with Gasteiger partial charge in [-0.1, -0.05) is 30.1 Å². The van der Waals surface area contributed by atoms with Gasteiger partial charge in [0, 0.05) is 13.0 Å². The molecule has 0 aromatic rings. The van der Waals surface area contributed by atoms with Crippen molar-refractivity contribution in [1.29, 1.82) is 0 Å². The van der Waals surface area contributed by atoms with Crippen LogP contribution < -0.4 is 0 Å². The van der Waals surface area contributed by atoms with Crippen LogP contribution in [-0.2, 0) is 9.53 Å². The monoisotopic (exact) mass is 198 g/mol. The third-order valence-electron chi connectivity index (χ3n) is 2.21. The number of hydrogen-bond donors (Lipinski definition) is 1. The maximum absolute atomic E-state index is 10.6. The van der Waals surface area contributed by atoms with Gasteiger partial charge in [-0.2, -0.15) is 0 Å². The second-order valence-electron chi connectivity index (χ2n) is 2.59. The number of ether oxygens (including phenoxy) is 1. The molecule has 1 aliphatic rings. The largest absolute Gasteiger partial charge is 0.479 e. The first-order chi connectivity index (χ1) is 4.91. The molecule has 1 aliphatic carbocycles. The number of rotatable bonds is 2. The van der Waals surface area contributed by atoms with Crippen molar-refractivity contribution >= 4 is 29.2 Å². The molecule has 1 N–H and O–H groups in total. The van der Waals surface area contributed by atoms with Crippen molar-refractivity contribution in [2.75, 3.05) is 7.11 Å². The van der Waals surface area contributed by atoms with Crippen LogP contribution in [0, 0.1) is 5.92 Å². The molecule has 1 fully saturated rings. The van der Waals surface area contributed by atoms with Crippen molar-refractivity contribution in [1.82, 2.24) is 0 Å². The lowest BCUT2D eigenvalue weighted by Gasteiger charge is -2.09. The van der Waals surface area contributed by atoms with Crippen LogP contribution in [0.4, 0.5) is 0 Å². The molecule has 0 aliphatic heterocycles. The highest BCUT2D eigenvalue weighted by atomic mass is 35.5. The summed E-state index contributed by atoms with van der Waals surface area (Å²) in [6.07, 6.45) is 0. The number of carboxylic acid groups (broad SMARTS) is 1. The van der Waals surface area contributed by atoms with Crippen LogP contribution in [0.15, 0.2) is 0 Å². The molecular weight excluding hydrogens is 191 g/mol. The van der Waals surface area contributed by atoms with Gasteiger partial charge in [-0.3, -0.25) is 0 Å². The highest BCUT2D eigenvalue weighted by molar-refractivity contribution is 6.54. The van der Waals surface area contributed by atoms with Gasteiger partial charge in [0.15, 0.2) is 4.33 Å². The zero-order valence-corrected chi connectivity index (χ0v) is 7.61. The molecule has 0 unspecified atom stereocenters. The standard InChI is InChI=1S/C6H8Cl2O3/c1-3-5(11-2,4(9)10)6(3,7)8/h3H,1-2H3,(H,9,10)/t3-,5+/m0/s1. The molecule has 5 heteroatoms. The van der Waals surface area contributed by atoms with Gasteiger partial charge in [-0.25, -0.2) is 4.79 Å². The number of carbonyl (C=O) groups is 1. The van der Waals surface area contributed by atoms with Crippen LogP contribution in [0.1, 0.15) is 6.92 Å². The number of hydrogen-bond acceptors (Lipinski definition) is 2. The first-order valence-corrected chi connectivity index (χ1v) is 3.83. The number of methoxy groups -OCH3 is 1. The molecule has 0 amide bonds. The average Bonchev–Trinajstić information content (AvgIpc) is 2.30. The van der Waals surface area contributed by atoms with Crippen molar-refractivity contribution in [2.45, 2.75) is 16.9 Å². The minimum atomic E-state index is -1.41. The Bertz CT molecular complexity index is 204. The number of aliphatic carboxylic acids is 1. The van der Waals surface area contributed by atoms with E-state index >= 15 is 0 Å². The quantitative estimate of drug-likeness (QED) is 0.681. The van der Waals surface area contributed by atoms with E-state index in [0.29, 0.717) is 0 Å². The number of halogens is 2. The second-order valence-corrected chi connectivity index (χ2v) is 3.98. The molecule has 64 valence electrons. The Morgan fingerprint density at radius 2 is 2.00 bits per heavy atom. The molecule has 0 saturated heterocycles. The van der Waals surface area contributed by atoms with Crippen molar-refractivity contribution in [2.24, 2.45) is 5.92 Å². The van der Waals surface area contributed by atoms with Gasteiger partial charge in [-0.05, 0) is 0 Å². The van der Waals surface area contributed by atoms with Gasteiger partial charge in [-0.15, -0.1) is 0 Å². The predicted molar refractivity (Wildman–Crippen MR) is 41.0 cm³/mol. The van der Waals surface area contributed by atoms with Gasteiger partial charge in [0.05, 0.1) is 0 Å². The minimum absolute atomic E-state index is 0.374. The van der Waals surface area contributed by atoms with E-state index in [0.717, 1.165) is 0 Å². The van der Waals surface area contributed by atoms with E-state index in [1.807, 2.05) is 0 Å². The SMILES string of the molecule is CO[C@@]1(C(=O)O)[C@H](C)C1(Cl)Cl. The first-order valence-electron chi connectivity index (χ1n) is 3.07. The smallest absolute Gasteiger partial charge is 0.339 e. The van der Waals surface area contributed by atoms with E-state index < -0.39 is 15.9 Å². The number of alkyl halides is 2. The normalized spacial score (nSPS) is 40.2. The third-order valence-corrected chi connectivity index (χ3v) is 3.42. The molecule has 0 radical (unpaired) electrons. The maximum atomic E-state index is 10.6. The van der Waals surface area contributed by atoms with Crippen LogP contribution >= 0.6 is 23.2 Å². The first kappa shape index (κ1) is 9.10. The Morgan fingerprint density at radius 3 is 2.00 bits per heavy atom. The van der Waals surface area contributed by atoms with E-state index in [-0.39, 0.29) is 5.92 Å². The van der Waals surface area contributed by atoms with Crippen LogP contribution in [0.5, 0.6) is 0 Å². The van der Waals surface area contributed by atoms with Crippen LogP contribution in [0.25, 0.3) is 0 Å². The molecule has 2 atom stereocenters. The Balaban J connectivity index is 2.93. The summed E-state index contributed by atoms with van der Waals surface area (Å²) in [5, 5.41) is 8.72. The minimum Gasteiger partial charge on any atom is -0.479 e. The van der Waals surface area contributed by atoms with Crippen molar-refractivity contribution in [3.05, 3.63) is 0 Å². The molecule has 11 heavy (non-hydrogen) atoms. The molecule has 0 aromatic heterocycles. The van der Waals surface area contributed by atoms with E-state index in [1.54, 1.807) is 6.92 Å². The summed E-state index contributed by atoms with van der Waals surface area (Å²) < 4.78 is 3.49. The van der Waals surface area contributed by atoms with Crippen molar-refractivity contribution in [3.8, 4) is 0 Å². The Kier molecular flexibility index (Phi) is 1.86. The lowest BCUT2D eigenvalue weighted by atomic mass is 10.3. The lowest BCUT2D eigenvalue weighted by Crippen LogP contribution is -2.31. The van der Waals surface area contributed by atoms with Crippen LogP contribution in [-0.4, -0.2) is 28.1 Å². The summed E-state index contributed by atoms with van der Waals surface area (Å²) in [7, 11) is 1.29. The summed E-state index contributed by atoms with van der Waals surface area (Å²) in [5.74, 6) is -1.49. The second kappa shape index (κ2) is 2.25. The summed E-state index contributed by atoms with van der Waals surface area (Å²) in [6.45, 7) is 1.64. The Morgan fingerprint density at radius 1 is 1.64 bits per heavy atom. The summed E-state index contributed by atoms with van der Waals surface area (Å²) in [4.78, 5) is 10.6. The number of carboxylic acids is 1. The van der Waals surface area contributed by atoms with E-state index in [2.05, 4.69) is 0 Å². The lowest BCUT2D eigenvalue weighted by molar-refractivity contribution is -0.152. The topological polar surface area (TPSA) is 46.5 Å². The molecule has 0 bridgehead atoms. The molecule has 1 rings (SSSR count). The fraction of sp³-hybridized carbons (Fsp3) is 0.833. The third kappa shape index (κ3) is 0.819. The molecule has 0 heterocycles. The Labute approximate surface area is 74.2 Å². The summed E-state index contributed by atoms with van der Waals surface area (Å²) in [6, 6.07) is 0.